The standard InChI is InChI=1S/C12H11ClO2S/c1-15-12(14)10-8-9(4-2-3-7-16)5-6-11(10)13/h5-6,8,16H,3,7H2,1H3. The first-order valence-electron chi connectivity index (χ1n) is 4.66. The Morgan fingerprint density at radius 1 is 1.56 bits per heavy atom. The average Bonchev–Trinajstić information content (AvgIpc) is 2.30. The van der Waals surface area contributed by atoms with Gasteiger partial charge in [0.2, 0.25) is 0 Å². The van der Waals surface area contributed by atoms with Gasteiger partial charge in [-0.05, 0) is 18.2 Å². The van der Waals surface area contributed by atoms with E-state index in [9.17, 15) is 4.79 Å². The molecule has 1 aromatic carbocycles. The van der Waals surface area contributed by atoms with Gasteiger partial charge in [0.25, 0.3) is 0 Å². The van der Waals surface area contributed by atoms with Crippen molar-refractivity contribution in [3.05, 3.63) is 34.3 Å². The molecule has 0 amide bonds. The van der Waals surface area contributed by atoms with E-state index in [4.69, 9.17) is 11.6 Å². The maximum absolute atomic E-state index is 11.3. The molecule has 0 unspecified atom stereocenters. The predicted molar refractivity (Wildman–Crippen MR) is 68.1 cm³/mol. The highest BCUT2D eigenvalue weighted by atomic mass is 35.5. The maximum atomic E-state index is 11.3. The molecule has 0 spiro atoms. The molecule has 0 aliphatic heterocycles. The maximum Gasteiger partial charge on any atom is 0.339 e. The zero-order chi connectivity index (χ0) is 12.0. The van der Waals surface area contributed by atoms with Gasteiger partial charge in [0.1, 0.15) is 0 Å². The van der Waals surface area contributed by atoms with Crippen molar-refractivity contribution in [2.75, 3.05) is 12.9 Å². The van der Waals surface area contributed by atoms with Gasteiger partial charge in [-0.25, -0.2) is 4.79 Å². The summed E-state index contributed by atoms with van der Waals surface area (Å²) in [7, 11) is 1.32. The first kappa shape index (κ1) is 13.0. The van der Waals surface area contributed by atoms with Crippen LogP contribution in [0, 0.1) is 11.8 Å². The largest absolute Gasteiger partial charge is 0.465 e. The van der Waals surface area contributed by atoms with Crippen molar-refractivity contribution in [2.24, 2.45) is 0 Å². The summed E-state index contributed by atoms with van der Waals surface area (Å²) in [6, 6.07) is 5.03. The second kappa shape index (κ2) is 6.47. The van der Waals surface area contributed by atoms with Gasteiger partial charge < -0.3 is 4.74 Å². The van der Waals surface area contributed by atoms with Crippen LogP contribution in [0.25, 0.3) is 0 Å². The SMILES string of the molecule is COC(=O)c1cc(C#CCCS)ccc1Cl. The lowest BCUT2D eigenvalue weighted by Gasteiger charge is -2.02. The molecular weight excluding hydrogens is 244 g/mol. The summed E-state index contributed by atoms with van der Waals surface area (Å²) < 4.78 is 4.61. The Balaban J connectivity index is 2.99. The van der Waals surface area contributed by atoms with Crippen LogP contribution in [0.5, 0.6) is 0 Å². The third-order valence-electron chi connectivity index (χ3n) is 1.84. The fourth-order valence-electron chi connectivity index (χ4n) is 1.09. The van der Waals surface area contributed by atoms with Crippen molar-refractivity contribution >= 4 is 30.2 Å². The van der Waals surface area contributed by atoms with Gasteiger partial charge in [0.05, 0.1) is 17.7 Å². The van der Waals surface area contributed by atoms with Crippen LogP contribution in [-0.2, 0) is 4.74 Å². The van der Waals surface area contributed by atoms with Crippen molar-refractivity contribution in [1.29, 1.82) is 0 Å². The van der Waals surface area contributed by atoms with Crippen LogP contribution >= 0.6 is 24.2 Å². The number of thiol groups is 1. The average molecular weight is 255 g/mol. The molecule has 0 atom stereocenters. The van der Waals surface area contributed by atoms with Crippen LogP contribution < -0.4 is 0 Å². The molecule has 0 saturated heterocycles. The Labute approximate surface area is 105 Å². The molecule has 84 valence electrons. The van der Waals surface area contributed by atoms with E-state index in [1.54, 1.807) is 18.2 Å². The summed E-state index contributed by atoms with van der Waals surface area (Å²) in [4.78, 5) is 11.3. The fraction of sp³-hybridized carbons (Fsp3) is 0.250. The second-order valence-electron chi connectivity index (χ2n) is 2.96. The molecule has 1 rings (SSSR count). The summed E-state index contributed by atoms with van der Waals surface area (Å²) in [5.41, 5.74) is 1.08. The summed E-state index contributed by atoms with van der Waals surface area (Å²) >= 11 is 9.92. The zero-order valence-corrected chi connectivity index (χ0v) is 10.4. The molecule has 0 aromatic heterocycles. The molecule has 0 saturated carbocycles. The van der Waals surface area contributed by atoms with Gasteiger partial charge in [-0.2, -0.15) is 12.6 Å². The number of benzene rings is 1. The minimum Gasteiger partial charge on any atom is -0.465 e. The van der Waals surface area contributed by atoms with Crippen LogP contribution in [-0.4, -0.2) is 18.8 Å². The van der Waals surface area contributed by atoms with E-state index in [1.807, 2.05) is 0 Å². The lowest BCUT2D eigenvalue weighted by Crippen LogP contribution is -2.02. The van der Waals surface area contributed by atoms with Crippen molar-refractivity contribution in [3.63, 3.8) is 0 Å². The number of hydrogen-bond donors (Lipinski definition) is 1. The highest BCUT2D eigenvalue weighted by Crippen LogP contribution is 2.18. The lowest BCUT2D eigenvalue weighted by atomic mass is 10.1. The minimum atomic E-state index is -0.456. The first-order chi connectivity index (χ1) is 7.69. The molecule has 1 aromatic rings. The number of methoxy groups -OCH3 is 1. The number of ether oxygens (including phenoxy) is 1. The van der Waals surface area contributed by atoms with Crippen molar-refractivity contribution in [2.45, 2.75) is 6.42 Å². The zero-order valence-electron chi connectivity index (χ0n) is 8.79. The first-order valence-corrected chi connectivity index (χ1v) is 5.67. The molecule has 16 heavy (non-hydrogen) atoms. The third kappa shape index (κ3) is 3.48. The van der Waals surface area contributed by atoms with Crippen molar-refractivity contribution in [1.82, 2.24) is 0 Å². The quantitative estimate of drug-likeness (QED) is 0.499. The Bertz CT molecular complexity index is 446. The topological polar surface area (TPSA) is 26.3 Å². The van der Waals surface area contributed by atoms with Crippen LogP contribution in [0.3, 0.4) is 0 Å². The van der Waals surface area contributed by atoms with Crippen LogP contribution in [0.1, 0.15) is 22.3 Å². The van der Waals surface area contributed by atoms with Gasteiger partial charge in [-0.3, -0.25) is 0 Å². The van der Waals surface area contributed by atoms with E-state index in [0.717, 1.165) is 5.56 Å². The summed E-state index contributed by atoms with van der Waals surface area (Å²) in [6.45, 7) is 0. The van der Waals surface area contributed by atoms with Crippen molar-refractivity contribution < 1.29 is 9.53 Å². The summed E-state index contributed by atoms with van der Waals surface area (Å²) in [5, 5.41) is 0.367. The number of esters is 1. The van der Waals surface area contributed by atoms with Crippen molar-refractivity contribution in [3.8, 4) is 11.8 Å². The third-order valence-corrected chi connectivity index (χ3v) is 2.39. The summed E-state index contributed by atoms with van der Waals surface area (Å²) in [5.74, 6) is 6.12. The fourth-order valence-corrected chi connectivity index (χ4v) is 1.40. The van der Waals surface area contributed by atoms with E-state index in [2.05, 4.69) is 29.2 Å². The molecule has 0 aliphatic carbocycles. The predicted octanol–water partition coefficient (Wildman–Crippen LogP) is 2.80. The monoisotopic (exact) mass is 254 g/mol. The van der Waals surface area contributed by atoms with Gasteiger partial charge in [0.15, 0.2) is 0 Å². The molecule has 0 aliphatic rings. The number of halogens is 1. The Morgan fingerprint density at radius 3 is 2.94 bits per heavy atom. The number of carbonyl (C=O) groups excluding carboxylic acids is 1. The smallest absolute Gasteiger partial charge is 0.339 e. The number of hydrogen-bond acceptors (Lipinski definition) is 3. The minimum absolute atomic E-state index is 0.335. The normalized spacial score (nSPS) is 9.19. The lowest BCUT2D eigenvalue weighted by molar-refractivity contribution is 0.0601. The Hall–Kier alpha value is -1.11. The number of rotatable bonds is 2. The van der Waals surface area contributed by atoms with E-state index in [0.29, 0.717) is 22.8 Å². The Kier molecular flexibility index (Phi) is 5.24. The van der Waals surface area contributed by atoms with Crippen LogP contribution in [0.4, 0.5) is 0 Å². The van der Waals surface area contributed by atoms with Gasteiger partial charge in [-0.1, -0.05) is 23.4 Å². The number of carbonyl (C=O) groups is 1. The molecule has 0 N–H and O–H groups in total. The highest BCUT2D eigenvalue weighted by molar-refractivity contribution is 7.80. The van der Waals surface area contributed by atoms with Crippen LogP contribution in [0.15, 0.2) is 18.2 Å². The summed E-state index contributed by atoms with van der Waals surface area (Å²) in [6.07, 6.45) is 0.708. The molecule has 0 bridgehead atoms. The molecule has 0 radical (unpaired) electrons. The second-order valence-corrected chi connectivity index (χ2v) is 3.82. The molecule has 0 fully saturated rings. The molecule has 2 nitrogen and oxygen atoms in total. The molecule has 0 heterocycles. The highest BCUT2D eigenvalue weighted by Gasteiger charge is 2.10. The van der Waals surface area contributed by atoms with Gasteiger partial charge in [-0.15, -0.1) is 0 Å². The molecule has 4 heteroatoms. The van der Waals surface area contributed by atoms with E-state index in [-0.39, 0.29) is 0 Å². The van der Waals surface area contributed by atoms with E-state index < -0.39 is 5.97 Å². The Morgan fingerprint density at radius 2 is 2.31 bits per heavy atom. The molecular formula is C12H11ClO2S. The van der Waals surface area contributed by atoms with Gasteiger partial charge >= 0.3 is 5.97 Å². The van der Waals surface area contributed by atoms with Crippen LogP contribution in [0.2, 0.25) is 5.02 Å². The van der Waals surface area contributed by atoms with E-state index in [1.165, 1.54) is 7.11 Å². The van der Waals surface area contributed by atoms with E-state index >= 15 is 0 Å². The van der Waals surface area contributed by atoms with Gasteiger partial charge in [0, 0.05) is 17.7 Å².